The summed E-state index contributed by atoms with van der Waals surface area (Å²) in [5.41, 5.74) is 3.35. The zero-order chi connectivity index (χ0) is 14.1. The van der Waals surface area contributed by atoms with Crippen LogP contribution in [0.3, 0.4) is 0 Å². The number of nitrogens with zero attached hydrogens (tertiary/aromatic N) is 4. The van der Waals surface area contributed by atoms with Gasteiger partial charge >= 0.3 is 0 Å². The van der Waals surface area contributed by atoms with Crippen molar-refractivity contribution in [2.75, 3.05) is 5.43 Å². The molecule has 0 bridgehead atoms. The standard InChI is InChI=1S/C12H11ClN6O/c13-8-1-2-11(17-14)16-9(8)7-18-5-6-19-10(12(18)20)3-4-15-19/h1-6H,7,14H2,(H,16,17). The summed E-state index contributed by atoms with van der Waals surface area (Å²) in [5, 5.41) is 4.48. The lowest BCUT2D eigenvalue weighted by Gasteiger charge is -2.09. The molecule has 0 amide bonds. The summed E-state index contributed by atoms with van der Waals surface area (Å²) in [7, 11) is 0. The Balaban J connectivity index is 2.05. The minimum Gasteiger partial charge on any atom is -0.308 e. The first-order valence-electron chi connectivity index (χ1n) is 5.84. The van der Waals surface area contributed by atoms with Crippen molar-refractivity contribution in [2.45, 2.75) is 6.54 Å². The predicted octanol–water partition coefficient (Wildman–Crippen LogP) is 0.878. The summed E-state index contributed by atoms with van der Waals surface area (Å²) in [5.74, 6) is 5.81. The third-order valence-electron chi connectivity index (χ3n) is 2.92. The third kappa shape index (κ3) is 2.13. The Morgan fingerprint density at radius 1 is 1.30 bits per heavy atom. The Morgan fingerprint density at radius 3 is 2.95 bits per heavy atom. The van der Waals surface area contributed by atoms with Gasteiger partial charge in [0, 0.05) is 12.4 Å². The molecule has 0 saturated carbocycles. The van der Waals surface area contributed by atoms with Crippen molar-refractivity contribution >= 4 is 22.9 Å². The molecule has 3 heterocycles. The number of hydrogen-bond acceptors (Lipinski definition) is 5. The highest BCUT2D eigenvalue weighted by Gasteiger charge is 2.08. The Labute approximate surface area is 118 Å². The lowest BCUT2D eigenvalue weighted by atomic mass is 10.3. The van der Waals surface area contributed by atoms with Gasteiger partial charge in [-0.3, -0.25) is 4.79 Å². The van der Waals surface area contributed by atoms with Crippen LogP contribution in [0, 0.1) is 0 Å². The van der Waals surface area contributed by atoms with E-state index in [1.54, 1.807) is 36.8 Å². The number of pyridine rings is 1. The molecule has 3 rings (SSSR count). The number of nitrogen functional groups attached to an aromatic ring is 1. The molecule has 0 unspecified atom stereocenters. The Kier molecular flexibility index (Phi) is 3.13. The fourth-order valence-electron chi connectivity index (χ4n) is 1.92. The van der Waals surface area contributed by atoms with Gasteiger partial charge in [-0.05, 0) is 18.2 Å². The molecule has 0 spiro atoms. The number of nitrogens with one attached hydrogen (secondary N) is 1. The Bertz CT molecular complexity index is 824. The monoisotopic (exact) mass is 290 g/mol. The van der Waals surface area contributed by atoms with Crippen LogP contribution >= 0.6 is 11.6 Å². The molecule has 0 aliphatic heterocycles. The van der Waals surface area contributed by atoms with E-state index in [0.717, 1.165) is 0 Å². The molecule has 0 fully saturated rings. The molecule has 8 heteroatoms. The number of fused-ring (bicyclic) bond motifs is 1. The van der Waals surface area contributed by atoms with E-state index < -0.39 is 0 Å². The highest BCUT2D eigenvalue weighted by molar-refractivity contribution is 6.31. The molecule has 0 aliphatic carbocycles. The molecule has 0 aliphatic rings. The predicted molar refractivity (Wildman–Crippen MR) is 75.6 cm³/mol. The first-order chi connectivity index (χ1) is 9.69. The van der Waals surface area contributed by atoms with Crippen molar-refractivity contribution in [1.29, 1.82) is 0 Å². The van der Waals surface area contributed by atoms with Gasteiger partial charge in [0.2, 0.25) is 0 Å². The molecule has 0 aromatic carbocycles. The van der Waals surface area contributed by atoms with E-state index in [9.17, 15) is 4.79 Å². The van der Waals surface area contributed by atoms with E-state index in [0.29, 0.717) is 22.1 Å². The minimum atomic E-state index is -0.158. The molecule has 3 aromatic heterocycles. The van der Waals surface area contributed by atoms with Gasteiger partial charge in [-0.1, -0.05) is 11.6 Å². The molecule has 0 atom stereocenters. The van der Waals surface area contributed by atoms with Gasteiger partial charge in [0.25, 0.3) is 5.56 Å². The lowest BCUT2D eigenvalue weighted by molar-refractivity contribution is 0.727. The van der Waals surface area contributed by atoms with Gasteiger partial charge in [0.1, 0.15) is 11.3 Å². The summed E-state index contributed by atoms with van der Waals surface area (Å²) in [6, 6.07) is 5.00. The molecular formula is C12H11ClN6O. The fourth-order valence-corrected chi connectivity index (χ4v) is 2.09. The van der Waals surface area contributed by atoms with E-state index in [1.165, 1.54) is 9.08 Å². The summed E-state index contributed by atoms with van der Waals surface area (Å²) in [6.45, 7) is 0.259. The van der Waals surface area contributed by atoms with E-state index in [1.807, 2.05) is 0 Å². The normalized spacial score (nSPS) is 10.9. The smallest absolute Gasteiger partial charge is 0.276 e. The van der Waals surface area contributed by atoms with Crippen molar-refractivity contribution in [3.8, 4) is 0 Å². The average molecular weight is 291 g/mol. The molecule has 7 nitrogen and oxygen atoms in total. The van der Waals surface area contributed by atoms with Gasteiger partial charge in [-0.25, -0.2) is 15.3 Å². The molecule has 20 heavy (non-hydrogen) atoms. The number of anilines is 1. The zero-order valence-electron chi connectivity index (χ0n) is 10.3. The quantitative estimate of drug-likeness (QED) is 0.552. The molecule has 0 saturated heterocycles. The van der Waals surface area contributed by atoms with Gasteiger partial charge in [-0.15, -0.1) is 0 Å². The summed E-state index contributed by atoms with van der Waals surface area (Å²) >= 11 is 6.09. The zero-order valence-corrected chi connectivity index (χ0v) is 11.1. The van der Waals surface area contributed by atoms with Crippen LogP contribution < -0.4 is 16.8 Å². The highest BCUT2D eigenvalue weighted by Crippen LogP contribution is 2.16. The molecule has 0 radical (unpaired) electrons. The number of halogens is 1. The van der Waals surface area contributed by atoms with Crippen LogP contribution in [0.1, 0.15) is 5.69 Å². The van der Waals surface area contributed by atoms with Crippen LogP contribution in [0.2, 0.25) is 5.02 Å². The molecule has 102 valence electrons. The van der Waals surface area contributed by atoms with Crippen molar-refractivity contribution in [3.05, 3.63) is 57.9 Å². The summed E-state index contributed by atoms with van der Waals surface area (Å²) in [6.07, 6.45) is 4.92. The van der Waals surface area contributed by atoms with Crippen LogP contribution in [-0.4, -0.2) is 19.2 Å². The average Bonchev–Trinajstić information content (AvgIpc) is 2.93. The van der Waals surface area contributed by atoms with Crippen molar-refractivity contribution in [2.24, 2.45) is 5.84 Å². The second-order valence-corrected chi connectivity index (χ2v) is 4.57. The minimum absolute atomic E-state index is 0.158. The van der Waals surface area contributed by atoms with Gasteiger partial charge in [0.05, 0.1) is 23.5 Å². The molecule has 3 N–H and O–H groups in total. The fraction of sp³-hybridized carbons (Fsp3) is 0.0833. The Morgan fingerprint density at radius 2 is 2.15 bits per heavy atom. The molecular weight excluding hydrogens is 280 g/mol. The van der Waals surface area contributed by atoms with E-state index in [4.69, 9.17) is 17.4 Å². The van der Waals surface area contributed by atoms with Crippen LogP contribution in [0.15, 0.2) is 41.6 Å². The largest absolute Gasteiger partial charge is 0.308 e. The maximum Gasteiger partial charge on any atom is 0.276 e. The summed E-state index contributed by atoms with van der Waals surface area (Å²) < 4.78 is 3.04. The third-order valence-corrected chi connectivity index (χ3v) is 3.27. The molecule has 3 aromatic rings. The topological polar surface area (TPSA) is 90.2 Å². The van der Waals surface area contributed by atoms with E-state index in [-0.39, 0.29) is 12.1 Å². The van der Waals surface area contributed by atoms with Gasteiger partial charge < -0.3 is 9.99 Å². The maximum absolute atomic E-state index is 12.3. The highest BCUT2D eigenvalue weighted by atomic mass is 35.5. The van der Waals surface area contributed by atoms with E-state index >= 15 is 0 Å². The Hall–Kier alpha value is -2.38. The van der Waals surface area contributed by atoms with Gasteiger partial charge in [0.15, 0.2) is 0 Å². The van der Waals surface area contributed by atoms with Gasteiger partial charge in [-0.2, -0.15) is 5.10 Å². The second kappa shape index (κ2) is 4.95. The second-order valence-electron chi connectivity index (χ2n) is 4.16. The number of hydrazine groups is 1. The van der Waals surface area contributed by atoms with Crippen LogP contribution in [0.4, 0.5) is 5.82 Å². The number of nitrogens with two attached hydrogens (primary N) is 1. The number of aromatic nitrogens is 4. The van der Waals surface area contributed by atoms with Crippen molar-refractivity contribution in [1.82, 2.24) is 19.2 Å². The number of rotatable bonds is 3. The van der Waals surface area contributed by atoms with Crippen molar-refractivity contribution < 1.29 is 0 Å². The maximum atomic E-state index is 12.3. The van der Waals surface area contributed by atoms with Crippen LogP contribution in [-0.2, 0) is 6.54 Å². The number of hydrogen-bond donors (Lipinski definition) is 2. The summed E-state index contributed by atoms with van der Waals surface area (Å²) in [4.78, 5) is 16.5. The SMILES string of the molecule is NNc1ccc(Cl)c(Cn2ccn3nccc3c2=O)n1. The van der Waals surface area contributed by atoms with Crippen LogP contribution in [0.5, 0.6) is 0 Å². The lowest BCUT2D eigenvalue weighted by Crippen LogP contribution is -2.22. The first kappa shape index (κ1) is 12.6. The van der Waals surface area contributed by atoms with Crippen molar-refractivity contribution in [3.63, 3.8) is 0 Å². The van der Waals surface area contributed by atoms with Crippen LogP contribution in [0.25, 0.3) is 5.52 Å². The van der Waals surface area contributed by atoms with E-state index in [2.05, 4.69) is 15.5 Å². The first-order valence-corrected chi connectivity index (χ1v) is 6.21.